The molecule has 0 unspecified atom stereocenters. The minimum Gasteiger partial charge on any atom is -0.393 e. The molecule has 2 aromatic rings. The van der Waals surface area contributed by atoms with Gasteiger partial charge < -0.3 is 11.1 Å². The summed E-state index contributed by atoms with van der Waals surface area (Å²) in [6.45, 7) is 1.89. The van der Waals surface area contributed by atoms with Gasteiger partial charge in [-0.3, -0.25) is 14.9 Å². The van der Waals surface area contributed by atoms with E-state index in [4.69, 9.17) is 5.73 Å². The molecule has 0 aliphatic heterocycles. The lowest BCUT2D eigenvalue weighted by Crippen LogP contribution is -2.15. The summed E-state index contributed by atoms with van der Waals surface area (Å²) in [4.78, 5) is 22.5. The molecule has 7 heteroatoms. The maximum atomic E-state index is 12.2. The first-order valence-electron chi connectivity index (χ1n) is 6.00. The van der Waals surface area contributed by atoms with Crippen LogP contribution in [0.15, 0.2) is 40.9 Å². The Kier molecular flexibility index (Phi) is 4.23. The monoisotopic (exact) mass is 349 g/mol. The standard InChI is InChI=1S/C14H12BrN3O3/c1-8-5-6-10(15)11(7-8)17-14(19)9-3-2-4-12(13(9)16)18(20)21/h2-7H,16H2,1H3,(H,17,19). The van der Waals surface area contributed by atoms with Gasteiger partial charge in [-0.2, -0.15) is 0 Å². The molecule has 1 amide bonds. The van der Waals surface area contributed by atoms with Crippen molar-refractivity contribution < 1.29 is 9.72 Å². The van der Waals surface area contributed by atoms with Crippen molar-refractivity contribution in [2.24, 2.45) is 0 Å². The van der Waals surface area contributed by atoms with Crippen LogP contribution in [0.25, 0.3) is 0 Å². The number of nitrogens with zero attached hydrogens (tertiary/aromatic N) is 1. The van der Waals surface area contributed by atoms with Crippen molar-refractivity contribution in [1.82, 2.24) is 0 Å². The van der Waals surface area contributed by atoms with E-state index in [1.54, 1.807) is 6.07 Å². The van der Waals surface area contributed by atoms with Gasteiger partial charge in [0.25, 0.3) is 11.6 Å². The number of nitrogens with two attached hydrogens (primary N) is 1. The molecule has 108 valence electrons. The highest BCUT2D eigenvalue weighted by atomic mass is 79.9. The largest absolute Gasteiger partial charge is 0.393 e. The smallest absolute Gasteiger partial charge is 0.292 e. The Morgan fingerprint density at radius 1 is 1.33 bits per heavy atom. The number of nitrogens with one attached hydrogen (secondary N) is 1. The molecule has 0 saturated heterocycles. The molecule has 0 spiro atoms. The van der Waals surface area contributed by atoms with Gasteiger partial charge in [0.15, 0.2) is 0 Å². The summed E-state index contributed by atoms with van der Waals surface area (Å²) in [7, 11) is 0. The molecule has 0 radical (unpaired) electrons. The molecule has 3 N–H and O–H groups in total. The van der Waals surface area contributed by atoms with Gasteiger partial charge in [0.05, 0.1) is 16.2 Å². The van der Waals surface area contributed by atoms with E-state index in [1.807, 2.05) is 19.1 Å². The molecule has 0 aliphatic carbocycles. The van der Waals surface area contributed by atoms with Crippen LogP contribution in [0.5, 0.6) is 0 Å². The number of aryl methyl sites for hydroxylation is 1. The number of para-hydroxylation sites is 1. The first-order valence-corrected chi connectivity index (χ1v) is 6.80. The highest BCUT2D eigenvalue weighted by molar-refractivity contribution is 9.10. The van der Waals surface area contributed by atoms with Gasteiger partial charge in [-0.15, -0.1) is 0 Å². The lowest BCUT2D eigenvalue weighted by Gasteiger charge is -2.10. The van der Waals surface area contributed by atoms with Gasteiger partial charge in [-0.25, -0.2) is 0 Å². The maximum Gasteiger partial charge on any atom is 0.292 e. The summed E-state index contributed by atoms with van der Waals surface area (Å²) in [6.07, 6.45) is 0. The molecule has 0 aliphatic rings. The number of nitro groups is 1. The number of carbonyl (C=O) groups excluding carboxylic acids is 1. The number of anilines is 2. The molecule has 0 heterocycles. The molecule has 2 aromatic carbocycles. The van der Waals surface area contributed by atoms with E-state index in [2.05, 4.69) is 21.2 Å². The van der Waals surface area contributed by atoms with E-state index in [0.717, 1.165) is 5.56 Å². The van der Waals surface area contributed by atoms with Crippen LogP contribution in [0, 0.1) is 17.0 Å². The normalized spacial score (nSPS) is 10.2. The second-order valence-electron chi connectivity index (χ2n) is 4.43. The van der Waals surface area contributed by atoms with Crippen molar-refractivity contribution in [2.75, 3.05) is 11.1 Å². The number of carbonyl (C=O) groups is 1. The average Bonchev–Trinajstić information content (AvgIpc) is 2.42. The van der Waals surface area contributed by atoms with Crippen LogP contribution < -0.4 is 11.1 Å². The highest BCUT2D eigenvalue weighted by Gasteiger charge is 2.19. The molecular weight excluding hydrogens is 338 g/mol. The molecular formula is C14H12BrN3O3. The van der Waals surface area contributed by atoms with Gasteiger partial charge in [0, 0.05) is 10.5 Å². The second-order valence-corrected chi connectivity index (χ2v) is 5.29. The zero-order valence-electron chi connectivity index (χ0n) is 11.1. The first kappa shape index (κ1) is 15.0. The Morgan fingerprint density at radius 2 is 2.05 bits per heavy atom. The van der Waals surface area contributed by atoms with Crippen LogP contribution >= 0.6 is 15.9 Å². The van der Waals surface area contributed by atoms with Crippen molar-refractivity contribution in [3.63, 3.8) is 0 Å². The molecule has 0 saturated carbocycles. The van der Waals surface area contributed by atoms with Crippen LogP contribution in [0.4, 0.5) is 17.1 Å². The molecule has 0 atom stereocenters. The van der Waals surface area contributed by atoms with Gasteiger partial charge in [0.2, 0.25) is 0 Å². The van der Waals surface area contributed by atoms with Gasteiger partial charge >= 0.3 is 0 Å². The topological polar surface area (TPSA) is 98.3 Å². The summed E-state index contributed by atoms with van der Waals surface area (Å²) in [5.41, 5.74) is 6.87. The Hall–Kier alpha value is -2.41. The summed E-state index contributed by atoms with van der Waals surface area (Å²) >= 11 is 3.33. The molecule has 6 nitrogen and oxygen atoms in total. The van der Waals surface area contributed by atoms with Crippen LogP contribution in [-0.2, 0) is 0 Å². The van der Waals surface area contributed by atoms with E-state index < -0.39 is 10.8 Å². The fourth-order valence-corrected chi connectivity index (χ4v) is 2.18. The van der Waals surface area contributed by atoms with Crippen molar-refractivity contribution in [3.8, 4) is 0 Å². The molecule has 21 heavy (non-hydrogen) atoms. The van der Waals surface area contributed by atoms with E-state index in [-0.39, 0.29) is 16.9 Å². The average molecular weight is 350 g/mol. The van der Waals surface area contributed by atoms with E-state index in [9.17, 15) is 14.9 Å². The van der Waals surface area contributed by atoms with Gasteiger partial charge in [0.1, 0.15) is 5.69 Å². The van der Waals surface area contributed by atoms with E-state index in [0.29, 0.717) is 10.2 Å². The van der Waals surface area contributed by atoms with Crippen LogP contribution in [0.1, 0.15) is 15.9 Å². The minimum absolute atomic E-state index is 0.0672. The third-order valence-electron chi connectivity index (χ3n) is 2.89. The lowest BCUT2D eigenvalue weighted by atomic mass is 10.1. The van der Waals surface area contributed by atoms with Crippen molar-refractivity contribution >= 4 is 38.9 Å². The SMILES string of the molecule is Cc1ccc(Br)c(NC(=O)c2cccc([N+](=O)[O-])c2N)c1. The highest BCUT2D eigenvalue weighted by Crippen LogP contribution is 2.27. The fraction of sp³-hybridized carbons (Fsp3) is 0.0714. The van der Waals surface area contributed by atoms with Crippen molar-refractivity contribution in [1.29, 1.82) is 0 Å². The summed E-state index contributed by atoms with van der Waals surface area (Å²) in [6, 6.07) is 9.61. The maximum absolute atomic E-state index is 12.2. The van der Waals surface area contributed by atoms with E-state index in [1.165, 1.54) is 18.2 Å². The summed E-state index contributed by atoms with van der Waals surface area (Å²) in [5.74, 6) is -0.498. The number of nitro benzene ring substituents is 1. The van der Waals surface area contributed by atoms with Crippen LogP contribution in [-0.4, -0.2) is 10.8 Å². The number of rotatable bonds is 3. The third-order valence-corrected chi connectivity index (χ3v) is 3.59. The van der Waals surface area contributed by atoms with Crippen molar-refractivity contribution in [2.45, 2.75) is 6.92 Å². The second kappa shape index (κ2) is 5.92. The van der Waals surface area contributed by atoms with E-state index >= 15 is 0 Å². The quantitative estimate of drug-likeness (QED) is 0.503. The number of amides is 1. The summed E-state index contributed by atoms with van der Waals surface area (Å²) in [5, 5.41) is 13.5. The Labute approximate surface area is 129 Å². The molecule has 0 bridgehead atoms. The van der Waals surface area contributed by atoms with Gasteiger partial charge in [-0.05, 0) is 46.6 Å². The Morgan fingerprint density at radius 3 is 2.71 bits per heavy atom. The van der Waals surface area contributed by atoms with Crippen LogP contribution in [0.2, 0.25) is 0 Å². The number of halogens is 1. The predicted molar refractivity (Wildman–Crippen MR) is 84.3 cm³/mol. The zero-order chi connectivity index (χ0) is 15.6. The Bertz CT molecular complexity index is 731. The van der Waals surface area contributed by atoms with Gasteiger partial charge in [-0.1, -0.05) is 12.1 Å². The molecule has 0 fully saturated rings. The number of benzene rings is 2. The zero-order valence-corrected chi connectivity index (χ0v) is 12.7. The van der Waals surface area contributed by atoms with Crippen molar-refractivity contribution in [3.05, 3.63) is 62.1 Å². The summed E-state index contributed by atoms with van der Waals surface area (Å²) < 4.78 is 0.713. The number of hydrogen-bond acceptors (Lipinski definition) is 4. The minimum atomic E-state index is -0.616. The Balaban J connectivity index is 2.35. The lowest BCUT2D eigenvalue weighted by molar-refractivity contribution is -0.383. The third kappa shape index (κ3) is 3.19. The predicted octanol–water partition coefficient (Wildman–Crippen LogP) is 3.50. The first-order chi connectivity index (χ1) is 9.90. The van der Waals surface area contributed by atoms with Crippen LogP contribution in [0.3, 0.4) is 0 Å². The fourth-order valence-electron chi connectivity index (χ4n) is 1.83. The molecule has 2 rings (SSSR count). The molecule has 0 aromatic heterocycles. The number of hydrogen-bond donors (Lipinski definition) is 2. The number of nitrogen functional groups attached to an aromatic ring is 1.